The van der Waals surface area contributed by atoms with Gasteiger partial charge in [-0.2, -0.15) is 5.26 Å². The fourth-order valence-corrected chi connectivity index (χ4v) is 1.57. The molecule has 0 radical (unpaired) electrons. The first-order valence-corrected chi connectivity index (χ1v) is 4.87. The van der Waals surface area contributed by atoms with Gasteiger partial charge in [0.25, 0.3) is 0 Å². The van der Waals surface area contributed by atoms with Crippen molar-refractivity contribution in [1.29, 1.82) is 5.26 Å². The largest absolute Gasteiger partial charge is 0.351 e. The molecule has 1 fully saturated rings. The Balaban J connectivity index is 2.16. The summed E-state index contributed by atoms with van der Waals surface area (Å²) < 4.78 is 0. The fourth-order valence-electron chi connectivity index (χ4n) is 1.57. The molecule has 1 rings (SSSR count). The standard InChI is InChI=1S/C9H16N4O/c10-3-1-2-4-12-5-7-13(8-6-12)9(11)14/h1-2,4-8H2,(H2,11,14). The number of rotatable bonds is 3. The minimum Gasteiger partial charge on any atom is -0.351 e. The van der Waals surface area contributed by atoms with Crippen molar-refractivity contribution in [1.82, 2.24) is 9.80 Å². The Bertz CT molecular complexity index is 227. The van der Waals surface area contributed by atoms with Crippen molar-refractivity contribution < 1.29 is 4.79 Å². The number of amides is 2. The van der Waals surface area contributed by atoms with Gasteiger partial charge in [-0.1, -0.05) is 0 Å². The number of hydrogen-bond donors (Lipinski definition) is 1. The predicted octanol–water partition coefficient (Wildman–Crippen LogP) is -0.0135. The lowest BCUT2D eigenvalue weighted by Crippen LogP contribution is -2.50. The number of unbranched alkanes of at least 4 members (excludes halogenated alkanes) is 1. The molecule has 78 valence electrons. The molecule has 1 heterocycles. The van der Waals surface area contributed by atoms with Gasteiger partial charge in [0.05, 0.1) is 6.07 Å². The first kappa shape index (κ1) is 10.8. The van der Waals surface area contributed by atoms with Crippen LogP contribution in [0.15, 0.2) is 0 Å². The van der Waals surface area contributed by atoms with E-state index in [-0.39, 0.29) is 6.03 Å². The van der Waals surface area contributed by atoms with Crippen LogP contribution in [0, 0.1) is 11.3 Å². The molecule has 0 aromatic heterocycles. The lowest BCUT2D eigenvalue weighted by molar-refractivity contribution is 0.144. The van der Waals surface area contributed by atoms with Crippen LogP contribution in [-0.4, -0.2) is 48.6 Å². The molecule has 0 bridgehead atoms. The smallest absolute Gasteiger partial charge is 0.314 e. The van der Waals surface area contributed by atoms with Gasteiger partial charge < -0.3 is 10.6 Å². The summed E-state index contributed by atoms with van der Waals surface area (Å²) in [7, 11) is 0. The van der Waals surface area contributed by atoms with Crippen molar-refractivity contribution in [2.24, 2.45) is 5.73 Å². The SMILES string of the molecule is N#CCCCN1CCN(C(N)=O)CC1. The number of piperazine rings is 1. The number of carbonyl (C=O) groups excluding carboxylic acids is 1. The fraction of sp³-hybridized carbons (Fsp3) is 0.778. The Hall–Kier alpha value is -1.28. The highest BCUT2D eigenvalue weighted by Crippen LogP contribution is 2.02. The molecule has 0 aromatic carbocycles. The molecule has 1 aliphatic heterocycles. The summed E-state index contributed by atoms with van der Waals surface area (Å²) in [5, 5.41) is 8.37. The lowest BCUT2D eigenvalue weighted by Gasteiger charge is -2.33. The highest BCUT2D eigenvalue weighted by atomic mass is 16.2. The molecule has 0 unspecified atom stereocenters. The third-order valence-corrected chi connectivity index (χ3v) is 2.45. The van der Waals surface area contributed by atoms with Crippen LogP contribution < -0.4 is 5.73 Å². The Labute approximate surface area is 84.1 Å². The van der Waals surface area contributed by atoms with E-state index in [2.05, 4.69) is 11.0 Å². The van der Waals surface area contributed by atoms with Crippen LogP contribution in [0.3, 0.4) is 0 Å². The minimum absolute atomic E-state index is 0.332. The first-order chi connectivity index (χ1) is 6.74. The Morgan fingerprint density at radius 2 is 2.00 bits per heavy atom. The normalized spacial score (nSPS) is 17.8. The van der Waals surface area contributed by atoms with Gasteiger partial charge >= 0.3 is 6.03 Å². The number of hydrogen-bond acceptors (Lipinski definition) is 3. The van der Waals surface area contributed by atoms with Crippen molar-refractivity contribution in [2.45, 2.75) is 12.8 Å². The molecule has 0 aliphatic carbocycles. The summed E-state index contributed by atoms with van der Waals surface area (Å²) in [6.07, 6.45) is 1.52. The Kier molecular flexibility index (Phi) is 4.20. The Morgan fingerprint density at radius 1 is 1.36 bits per heavy atom. The quantitative estimate of drug-likeness (QED) is 0.645. The van der Waals surface area contributed by atoms with Gasteiger partial charge in [0, 0.05) is 32.6 Å². The maximum atomic E-state index is 10.8. The van der Waals surface area contributed by atoms with E-state index in [1.807, 2.05) is 0 Å². The number of primary amides is 1. The summed E-state index contributed by atoms with van der Waals surface area (Å²) in [6.45, 7) is 4.10. The number of urea groups is 1. The van der Waals surface area contributed by atoms with E-state index in [1.165, 1.54) is 0 Å². The van der Waals surface area contributed by atoms with E-state index in [0.717, 1.165) is 26.1 Å². The molecule has 14 heavy (non-hydrogen) atoms. The molecule has 0 atom stereocenters. The average molecular weight is 196 g/mol. The number of nitrogens with two attached hydrogens (primary N) is 1. The highest BCUT2D eigenvalue weighted by Gasteiger charge is 2.18. The van der Waals surface area contributed by atoms with Gasteiger partial charge in [0.2, 0.25) is 0 Å². The van der Waals surface area contributed by atoms with Crippen molar-refractivity contribution in [2.75, 3.05) is 32.7 Å². The molecule has 1 saturated heterocycles. The summed E-state index contributed by atoms with van der Waals surface area (Å²) in [4.78, 5) is 14.7. The molecule has 1 aliphatic rings. The molecule has 5 nitrogen and oxygen atoms in total. The molecule has 2 amide bonds. The summed E-state index contributed by atoms with van der Waals surface area (Å²) in [5.74, 6) is 0. The second-order valence-electron chi connectivity index (χ2n) is 3.43. The zero-order valence-corrected chi connectivity index (χ0v) is 8.28. The van der Waals surface area contributed by atoms with Crippen LogP contribution in [-0.2, 0) is 0 Å². The summed E-state index contributed by atoms with van der Waals surface area (Å²) in [6, 6.07) is 1.79. The van der Waals surface area contributed by atoms with Crippen LogP contribution in [0.2, 0.25) is 0 Å². The zero-order valence-electron chi connectivity index (χ0n) is 8.28. The van der Waals surface area contributed by atoms with Crippen LogP contribution in [0.25, 0.3) is 0 Å². The number of nitriles is 1. The molecule has 0 saturated carbocycles. The van der Waals surface area contributed by atoms with E-state index in [1.54, 1.807) is 4.90 Å². The monoisotopic (exact) mass is 196 g/mol. The third-order valence-electron chi connectivity index (χ3n) is 2.45. The van der Waals surface area contributed by atoms with Gasteiger partial charge in [0.1, 0.15) is 0 Å². The Morgan fingerprint density at radius 3 is 2.50 bits per heavy atom. The molecule has 2 N–H and O–H groups in total. The van der Waals surface area contributed by atoms with Crippen LogP contribution in [0.4, 0.5) is 4.79 Å². The van der Waals surface area contributed by atoms with Crippen LogP contribution in [0.5, 0.6) is 0 Å². The topological polar surface area (TPSA) is 73.4 Å². The van der Waals surface area contributed by atoms with E-state index in [4.69, 9.17) is 11.0 Å². The van der Waals surface area contributed by atoms with E-state index < -0.39 is 0 Å². The van der Waals surface area contributed by atoms with Gasteiger partial charge in [-0.15, -0.1) is 0 Å². The van der Waals surface area contributed by atoms with Crippen molar-refractivity contribution >= 4 is 6.03 Å². The second kappa shape index (κ2) is 5.45. The maximum absolute atomic E-state index is 10.8. The average Bonchev–Trinajstić information content (AvgIpc) is 2.19. The molecular formula is C9H16N4O. The van der Waals surface area contributed by atoms with Gasteiger partial charge in [-0.05, 0) is 13.0 Å². The summed E-state index contributed by atoms with van der Waals surface area (Å²) in [5.41, 5.74) is 5.16. The van der Waals surface area contributed by atoms with Gasteiger partial charge in [-0.25, -0.2) is 4.79 Å². The highest BCUT2D eigenvalue weighted by molar-refractivity contribution is 5.72. The number of carbonyl (C=O) groups is 1. The number of nitrogens with zero attached hydrogens (tertiary/aromatic N) is 3. The minimum atomic E-state index is -0.332. The van der Waals surface area contributed by atoms with E-state index >= 15 is 0 Å². The van der Waals surface area contributed by atoms with Crippen LogP contribution in [0.1, 0.15) is 12.8 Å². The zero-order chi connectivity index (χ0) is 10.4. The van der Waals surface area contributed by atoms with Crippen molar-refractivity contribution in [3.8, 4) is 6.07 Å². The van der Waals surface area contributed by atoms with Gasteiger partial charge in [0.15, 0.2) is 0 Å². The third kappa shape index (κ3) is 3.23. The molecule has 0 spiro atoms. The first-order valence-electron chi connectivity index (χ1n) is 4.87. The maximum Gasteiger partial charge on any atom is 0.314 e. The van der Waals surface area contributed by atoms with Crippen LogP contribution >= 0.6 is 0 Å². The summed E-state index contributed by atoms with van der Waals surface area (Å²) >= 11 is 0. The van der Waals surface area contributed by atoms with E-state index in [0.29, 0.717) is 19.5 Å². The molecule has 0 aromatic rings. The van der Waals surface area contributed by atoms with Gasteiger partial charge in [-0.3, -0.25) is 4.90 Å². The molecule has 5 heteroatoms. The van der Waals surface area contributed by atoms with Crippen molar-refractivity contribution in [3.63, 3.8) is 0 Å². The molecular weight excluding hydrogens is 180 g/mol. The lowest BCUT2D eigenvalue weighted by atomic mass is 10.2. The van der Waals surface area contributed by atoms with Crippen molar-refractivity contribution in [3.05, 3.63) is 0 Å². The van der Waals surface area contributed by atoms with E-state index in [9.17, 15) is 4.79 Å². The second-order valence-corrected chi connectivity index (χ2v) is 3.43. The predicted molar refractivity (Wildman–Crippen MR) is 52.4 cm³/mol.